The second-order valence-electron chi connectivity index (χ2n) is 12.2. The molecule has 0 radical (unpaired) electrons. The van der Waals surface area contributed by atoms with E-state index in [9.17, 15) is 27.9 Å². The molecule has 3 N–H and O–H groups in total. The number of hydrogen-bond donors (Lipinski definition) is 3. The average molecular weight is 560 g/mol. The maximum atomic E-state index is 14.1. The minimum absolute atomic E-state index is 0.0873. The van der Waals surface area contributed by atoms with E-state index < -0.39 is 44.6 Å². The lowest BCUT2D eigenvalue weighted by molar-refractivity contribution is -0.141. The van der Waals surface area contributed by atoms with Gasteiger partial charge in [-0.15, -0.1) is 0 Å². The van der Waals surface area contributed by atoms with Crippen molar-refractivity contribution in [2.45, 2.75) is 85.7 Å². The number of aryl methyl sites for hydroxylation is 1. The van der Waals surface area contributed by atoms with E-state index in [0.717, 1.165) is 42.1 Å². The zero-order valence-electron chi connectivity index (χ0n) is 23.9. The zero-order valence-corrected chi connectivity index (χ0v) is 24.7. The molecule has 1 aliphatic rings. The first kappa shape index (κ1) is 30.4. The summed E-state index contributed by atoms with van der Waals surface area (Å²) in [6.07, 6.45) is 4.49. The van der Waals surface area contributed by atoms with Crippen molar-refractivity contribution in [3.05, 3.63) is 51.3 Å². The minimum Gasteiger partial charge on any atom is -0.480 e. The van der Waals surface area contributed by atoms with Crippen LogP contribution in [0.1, 0.15) is 87.3 Å². The summed E-state index contributed by atoms with van der Waals surface area (Å²) >= 11 is 0. The highest BCUT2D eigenvalue weighted by Gasteiger charge is 2.34. The molecule has 214 valence electrons. The van der Waals surface area contributed by atoms with Crippen molar-refractivity contribution in [2.75, 3.05) is 11.0 Å². The van der Waals surface area contributed by atoms with Gasteiger partial charge in [0, 0.05) is 6.04 Å². The summed E-state index contributed by atoms with van der Waals surface area (Å²) in [5, 5.41) is 13.3. The third-order valence-corrected chi connectivity index (χ3v) is 7.82. The summed E-state index contributed by atoms with van der Waals surface area (Å²) in [6, 6.07) is 5.83. The number of amides is 1. The Balaban J connectivity index is 2.36. The van der Waals surface area contributed by atoms with Gasteiger partial charge in [0.25, 0.3) is 11.5 Å². The Morgan fingerprint density at radius 3 is 2.13 bits per heavy atom. The van der Waals surface area contributed by atoms with Crippen LogP contribution in [0.3, 0.4) is 0 Å². The number of pyridine rings is 1. The summed E-state index contributed by atoms with van der Waals surface area (Å²) in [6.45, 7) is 11.3. The Hall–Kier alpha value is -3.14. The van der Waals surface area contributed by atoms with Gasteiger partial charge in [-0.05, 0) is 68.4 Å². The summed E-state index contributed by atoms with van der Waals surface area (Å²) < 4.78 is 28.2. The highest BCUT2D eigenvalue weighted by Crippen LogP contribution is 2.35. The first-order valence-corrected chi connectivity index (χ1v) is 15.2. The van der Waals surface area contributed by atoms with E-state index in [4.69, 9.17) is 0 Å². The normalized spacial score (nSPS) is 18.8. The van der Waals surface area contributed by atoms with Crippen LogP contribution in [-0.2, 0) is 14.8 Å². The number of carbonyl (C=O) groups is 2. The topological polar surface area (TPSA) is 135 Å². The van der Waals surface area contributed by atoms with E-state index in [2.05, 4.69) is 17.0 Å². The van der Waals surface area contributed by atoms with Gasteiger partial charge in [-0.1, -0.05) is 57.5 Å². The molecule has 1 aromatic heterocycles. The largest absolute Gasteiger partial charge is 0.480 e. The van der Waals surface area contributed by atoms with Gasteiger partial charge in [0.2, 0.25) is 10.0 Å². The van der Waals surface area contributed by atoms with E-state index in [1.54, 1.807) is 19.1 Å². The minimum atomic E-state index is -3.98. The zero-order chi connectivity index (χ0) is 29.3. The molecule has 3 rings (SSSR count). The molecule has 10 heteroatoms. The quantitative estimate of drug-likeness (QED) is 0.422. The molecule has 0 spiro atoms. The van der Waals surface area contributed by atoms with E-state index in [0.29, 0.717) is 17.0 Å². The molecule has 1 saturated carbocycles. The average Bonchev–Trinajstić information content (AvgIpc) is 2.80. The number of carboxylic acids is 1. The van der Waals surface area contributed by atoms with Gasteiger partial charge in [-0.2, -0.15) is 0 Å². The van der Waals surface area contributed by atoms with Gasteiger partial charge in [-0.3, -0.25) is 18.9 Å². The van der Waals surface area contributed by atoms with Gasteiger partial charge >= 0.3 is 5.97 Å². The summed E-state index contributed by atoms with van der Waals surface area (Å²) in [5.74, 6) is -1.22. The SMILES string of the molecule is Cc1ccc(-c2c(C)c(C(=O)NC3CCC(C)CC3)c(NS(C)(=O)=O)c(=O)n2C(CC(C)(C)C)C(=O)O)cc1. The molecule has 39 heavy (non-hydrogen) atoms. The van der Waals surface area contributed by atoms with Crippen molar-refractivity contribution in [1.82, 2.24) is 9.88 Å². The Labute approximate surface area is 231 Å². The van der Waals surface area contributed by atoms with Crippen LogP contribution in [0.2, 0.25) is 0 Å². The van der Waals surface area contributed by atoms with Crippen molar-refractivity contribution in [1.29, 1.82) is 0 Å². The maximum Gasteiger partial charge on any atom is 0.326 e. The van der Waals surface area contributed by atoms with Gasteiger partial charge in [-0.25, -0.2) is 13.2 Å². The van der Waals surface area contributed by atoms with Crippen LogP contribution in [-0.4, -0.2) is 42.3 Å². The predicted octanol–water partition coefficient (Wildman–Crippen LogP) is 4.87. The Bertz CT molecular complexity index is 1400. The molecule has 1 unspecified atom stereocenters. The molecule has 0 saturated heterocycles. The number of aromatic nitrogens is 1. The number of rotatable bonds is 8. The number of nitrogens with zero attached hydrogens (tertiary/aromatic N) is 1. The maximum absolute atomic E-state index is 14.1. The van der Waals surface area contributed by atoms with Crippen molar-refractivity contribution < 1.29 is 23.1 Å². The monoisotopic (exact) mass is 559 g/mol. The summed E-state index contributed by atoms with van der Waals surface area (Å²) in [4.78, 5) is 40.5. The second kappa shape index (κ2) is 11.5. The van der Waals surface area contributed by atoms with Crippen LogP contribution in [0, 0.1) is 25.2 Å². The molecular weight excluding hydrogens is 518 g/mol. The number of carbonyl (C=O) groups excluding carboxylic acids is 1. The Morgan fingerprint density at radius 2 is 1.64 bits per heavy atom. The molecular formula is C29H41N3O6S. The Kier molecular flexibility index (Phi) is 8.99. The fourth-order valence-corrected chi connectivity index (χ4v) is 5.84. The fourth-order valence-electron chi connectivity index (χ4n) is 5.27. The highest BCUT2D eigenvalue weighted by molar-refractivity contribution is 7.92. The van der Waals surface area contributed by atoms with Crippen LogP contribution in [0.4, 0.5) is 5.69 Å². The first-order chi connectivity index (χ1) is 18.0. The van der Waals surface area contributed by atoms with E-state index >= 15 is 0 Å². The number of anilines is 1. The molecule has 2 aromatic rings. The molecule has 0 aliphatic heterocycles. The van der Waals surface area contributed by atoms with Crippen LogP contribution in [0.5, 0.6) is 0 Å². The molecule has 1 aromatic carbocycles. The first-order valence-electron chi connectivity index (χ1n) is 13.4. The number of carboxylic acid groups (broad SMARTS) is 1. The Morgan fingerprint density at radius 1 is 1.08 bits per heavy atom. The number of sulfonamides is 1. The molecule has 1 fully saturated rings. The van der Waals surface area contributed by atoms with E-state index in [1.807, 2.05) is 39.8 Å². The smallest absolute Gasteiger partial charge is 0.326 e. The van der Waals surface area contributed by atoms with Crippen LogP contribution in [0.25, 0.3) is 11.3 Å². The van der Waals surface area contributed by atoms with Crippen LogP contribution in [0.15, 0.2) is 29.1 Å². The van der Waals surface area contributed by atoms with Crippen molar-refractivity contribution in [2.24, 2.45) is 11.3 Å². The lowest BCUT2D eigenvalue weighted by Crippen LogP contribution is -2.41. The molecule has 0 bridgehead atoms. The lowest BCUT2D eigenvalue weighted by atomic mass is 9.86. The summed E-state index contributed by atoms with van der Waals surface area (Å²) in [5.41, 5.74) is 0.254. The van der Waals surface area contributed by atoms with Gasteiger partial charge in [0.1, 0.15) is 11.7 Å². The predicted molar refractivity (Wildman–Crippen MR) is 154 cm³/mol. The highest BCUT2D eigenvalue weighted by atomic mass is 32.2. The van der Waals surface area contributed by atoms with E-state index in [1.165, 1.54) is 0 Å². The van der Waals surface area contributed by atoms with E-state index in [-0.39, 0.29) is 23.7 Å². The number of hydrogen-bond acceptors (Lipinski definition) is 5. The van der Waals surface area contributed by atoms with Crippen LogP contribution < -0.4 is 15.6 Å². The molecule has 1 atom stereocenters. The van der Waals surface area contributed by atoms with Gasteiger partial charge in [0.15, 0.2) is 0 Å². The second-order valence-corrected chi connectivity index (χ2v) is 13.9. The molecule has 1 heterocycles. The standard InChI is InChI=1S/C29H41N3O6S/c1-17-8-12-20(13-9-17)25-19(3)23(26(33)30-21-14-10-18(2)11-15-21)24(31-39(7,37)38)27(34)32(25)22(28(35)36)16-29(4,5)6/h8-9,12-13,18,21-22,31H,10-11,14-16H2,1-7H3,(H,30,33)(H,35,36). The molecule has 1 aliphatic carbocycles. The lowest BCUT2D eigenvalue weighted by Gasteiger charge is -2.30. The van der Waals surface area contributed by atoms with Gasteiger partial charge < -0.3 is 10.4 Å². The molecule has 9 nitrogen and oxygen atoms in total. The van der Waals surface area contributed by atoms with Crippen molar-refractivity contribution >= 4 is 27.6 Å². The third-order valence-electron chi connectivity index (χ3n) is 7.25. The number of nitrogens with one attached hydrogen (secondary N) is 2. The van der Waals surface area contributed by atoms with Gasteiger partial charge in [0.05, 0.1) is 17.5 Å². The summed E-state index contributed by atoms with van der Waals surface area (Å²) in [7, 11) is -3.98. The molecule has 1 amide bonds. The van der Waals surface area contributed by atoms with Crippen LogP contribution >= 0.6 is 0 Å². The van der Waals surface area contributed by atoms with Crippen molar-refractivity contribution in [3.8, 4) is 11.3 Å². The van der Waals surface area contributed by atoms with Crippen molar-refractivity contribution in [3.63, 3.8) is 0 Å². The fraction of sp³-hybridized carbons (Fsp3) is 0.552. The number of aliphatic carboxylic acids is 1. The number of benzene rings is 1. The third kappa shape index (κ3) is 7.50.